The average Bonchev–Trinajstić information content (AvgIpc) is 2.66. The molecule has 0 amide bonds. The Morgan fingerprint density at radius 3 is 2.37 bits per heavy atom. The van der Waals surface area contributed by atoms with Crippen LogP contribution in [0.3, 0.4) is 0 Å². The first kappa shape index (κ1) is 20.7. The van der Waals surface area contributed by atoms with E-state index in [1.807, 2.05) is 30.3 Å². The van der Waals surface area contributed by atoms with Crippen molar-refractivity contribution in [2.45, 2.75) is 58.5 Å². The molecule has 0 aliphatic heterocycles. The van der Waals surface area contributed by atoms with Gasteiger partial charge < -0.3 is 9.84 Å². The van der Waals surface area contributed by atoms with Gasteiger partial charge in [0.1, 0.15) is 12.4 Å². The van der Waals surface area contributed by atoms with Crippen LogP contribution in [-0.4, -0.2) is 16.9 Å². The standard InChI is InChI=1S/C23H28O4/c1-2-3-4-5-9-14-20(24)23-19(16-22(25)26)13-10-15-21(23)27-17-18-11-7-6-8-12-18/h6-8,10-13,15H,2-5,9,14,16-17H2,1H3,(H,25,26). The molecule has 4 heteroatoms. The van der Waals surface area contributed by atoms with E-state index in [-0.39, 0.29) is 12.2 Å². The van der Waals surface area contributed by atoms with Crippen LogP contribution < -0.4 is 4.74 Å². The molecule has 0 heterocycles. The molecule has 0 fully saturated rings. The van der Waals surface area contributed by atoms with Crippen LogP contribution in [0.5, 0.6) is 5.75 Å². The van der Waals surface area contributed by atoms with Crippen LogP contribution in [0.15, 0.2) is 48.5 Å². The van der Waals surface area contributed by atoms with E-state index >= 15 is 0 Å². The Morgan fingerprint density at radius 1 is 0.926 bits per heavy atom. The number of hydrogen-bond donors (Lipinski definition) is 1. The summed E-state index contributed by atoms with van der Waals surface area (Å²) in [6, 6.07) is 14.9. The van der Waals surface area contributed by atoms with Crippen molar-refractivity contribution in [3.8, 4) is 5.75 Å². The molecule has 0 atom stereocenters. The quantitative estimate of drug-likeness (QED) is 0.400. The van der Waals surface area contributed by atoms with Gasteiger partial charge in [-0.15, -0.1) is 0 Å². The first-order chi connectivity index (χ1) is 13.1. The normalized spacial score (nSPS) is 10.6. The van der Waals surface area contributed by atoms with Crippen molar-refractivity contribution in [3.05, 3.63) is 65.2 Å². The molecule has 2 aromatic rings. The van der Waals surface area contributed by atoms with Crippen molar-refractivity contribution in [1.29, 1.82) is 0 Å². The highest BCUT2D eigenvalue weighted by molar-refractivity contribution is 6.00. The summed E-state index contributed by atoms with van der Waals surface area (Å²) in [5.74, 6) is -0.519. The summed E-state index contributed by atoms with van der Waals surface area (Å²) in [6.45, 7) is 2.50. The van der Waals surface area contributed by atoms with Crippen LogP contribution >= 0.6 is 0 Å². The molecule has 0 radical (unpaired) electrons. The van der Waals surface area contributed by atoms with Crippen molar-refractivity contribution in [2.75, 3.05) is 0 Å². The molecule has 0 bridgehead atoms. The van der Waals surface area contributed by atoms with Gasteiger partial charge in [0.2, 0.25) is 0 Å². The largest absolute Gasteiger partial charge is 0.488 e. The number of benzene rings is 2. The van der Waals surface area contributed by atoms with Crippen molar-refractivity contribution >= 4 is 11.8 Å². The highest BCUT2D eigenvalue weighted by atomic mass is 16.5. The van der Waals surface area contributed by atoms with Gasteiger partial charge >= 0.3 is 5.97 Å². The predicted octanol–water partition coefficient (Wildman–Crippen LogP) is 5.44. The lowest BCUT2D eigenvalue weighted by Crippen LogP contribution is -2.11. The lowest BCUT2D eigenvalue weighted by molar-refractivity contribution is -0.136. The van der Waals surface area contributed by atoms with E-state index in [1.54, 1.807) is 18.2 Å². The maximum absolute atomic E-state index is 12.8. The number of hydrogen-bond acceptors (Lipinski definition) is 3. The minimum atomic E-state index is -0.952. The topological polar surface area (TPSA) is 63.6 Å². The summed E-state index contributed by atoms with van der Waals surface area (Å²) >= 11 is 0. The van der Waals surface area contributed by atoms with Crippen molar-refractivity contribution in [1.82, 2.24) is 0 Å². The predicted molar refractivity (Wildman–Crippen MR) is 106 cm³/mol. The SMILES string of the molecule is CCCCCCCC(=O)c1c(CC(=O)O)cccc1OCc1ccccc1. The molecule has 2 rings (SSSR count). The molecule has 0 spiro atoms. The Labute approximate surface area is 161 Å². The molecule has 0 aliphatic carbocycles. The molecule has 0 unspecified atom stereocenters. The van der Waals surface area contributed by atoms with Gasteiger partial charge in [0.25, 0.3) is 0 Å². The number of unbranched alkanes of at least 4 members (excludes halogenated alkanes) is 4. The van der Waals surface area contributed by atoms with Gasteiger partial charge in [0, 0.05) is 6.42 Å². The van der Waals surface area contributed by atoms with E-state index in [2.05, 4.69) is 6.92 Å². The fourth-order valence-corrected chi connectivity index (χ4v) is 3.07. The molecular formula is C23H28O4. The first-order valence-electron chi connectivity index (χ1n) is 9.65. The van der Waals surface area contributed by atoms with Crippen LogP contribution in [-0.2, 0) is 17.8 Å². The lowest BCUT2D eigenvalue weighted by atomic mass is 9.96. The molecule has 0 aliphatic rings. The van der Waals surface area contributed by atoms with E-state index in [0.29, 0.717) is 29.9 Å². The maximum atomic E-state index is 12.8. The van der Waals surface area contributed by atoms with Crippen LogP contribution in [0.25, 0.3) is 0 Å². The summed E-state index contributed by atoms with van der Waals surface area (Å²) in [5.41, 5.74) is 1.94. The van der Waals surface area contributed by atoms with Crippen molar-refractivity contribution in [3.63, 3.8) is 0 Å². The van der Waals surface area contributed by atoms with Crippen LogP contribution in [0.4, 0.5) is 0 Å². The summed E-state index contributed by atoms with van der Waals surface area (Å²) in [5, 5.41) is 9.19. The number of carbonyl (C=O) groups is 2. The highest BCUT2D eigenvalue weighted by Crippen LogP contribution is 2.26. The monoisotopic (exact) mass is 368 g/mol. The van der Waals surface area contributed by atoms with Gasteiger partial charge in [-0.05, 0) is 23.6 Å². The second-order valence-electron chi connectivity index (χ2n) is 6.72. The molecule has 27 heavy (non-hydrogen) atoms. The minimum Gasteiger partial charge on any atom is -0.488 e. The molecule has 0 aromatic heterocycles. The van der Waals surface area contributed by atoms with Crippen molar-refractivity contribution in [2.24, 2.45) is 0 Å². The number of carboxylic acids is 1. The summed E-state index contributed by atoms with van der Waals surface area (Å²) in [7, 11) is 0. The number of aliphatic carboxylic acids is 1. The summed E-state index contributed by atoms with van der Waals surface area (Å²) in [4.78, 5) is 24.1. The molecule has 4 nitrogen and oxygen atoms in total. The number of rotatable bonds is 12. The maximum Gasteiger partial charge on any atom is 0.307 e. The van der Waals surface area contributed by atoms with Gasteiger partial charge in [-0.2, -0.15) is 0 Å². The molecule has 144 valence electrons. The Hall–Kier alpha value is -2.62. The zero-order chi connectivity index (χ0) is 19.5. The number of carboxylic acid groups (broad SMARTS) is 1. The molecule has 0 saturated heterocycles. The molecule has 1 N–H and O–H groups in total. The van der Waals surface area contributed by atoms with Crippen LogP contribution in [0, 0.1) is 0 Å². The van der Waals surface area contributed by atoms with E-state index in [0.717, 1.165) is 31.2 Å². The van der Waals surface area contributed by atoms with Gasteiger partial charge in [0.05, 0.1) is 12.0 Å². The Bertz CT molecular complexity index is 737. The van der Waals surface area contributed by atoms with Crippen LogP contribution in [0.2, 0.25) is 0 Å². The van der Waals surface area contributed by atoms with Gasteiger partial charge in [-0.3, -0.25) is 9.59 Å². The Balaban J connectivity index is 2.14. The lowest BCUT2D eigenvalue weighted by Gasteiger charge is -2.14. The molecule has 0 saturated carbocycles. The van der Waals surface area contributed by atoms with Crippen LogP contribution in [0.1, 0.15) is 66.9 Å². The minimum absolute atomic E-state index is 0.0357. The third kappa shape index (κ3) is 6.89. The van der Waals surface area contributed by atoms with Crippen molar-refractivity contribution < 1.29 is 19.4 Å². The zero-order valence-corrected chi connectivity index (χ0v) is 15.9. The van der Waals surface area contributed by atoms with E-state index in [1.165, 1.54) is 6.42 Å². The number of Topliss-reactive ketones (excluding diaryl/α,β-unsaturated/α-hetero) is 1. The third-order valence-corrected chi connectivity index (χ3v) is 4.48. The summed E-state index contributed by atoms with van der Waals surface area (Å²) < 4.78 is 5.90. The smallest absolute Gasteiger partial charge is 0.307 e. The highest BCUT2D eigenvalue weighted by Gasteiger charge is 2.19. The second-order valence-corrected chi connectivity index (χ2v) is 6.72. The van der Waals surface area contributed by atoms with E-state index in [4.69, 9.17) is 4.74 Å². The second kappa shape index (κ2) is 11.2. The van der Waals surface area contributed by atoms with Gasteiger partial charge in [-0.1, -0.05) is 75.1 Å². The number of ether oxygens (including phenoxy) is 1. The number of ketones is 1. The van der Waals surface area contributed by atoms with Gasteiger partial charge in [0.15, 0.2) is 5.78 Å². The Kier molecular flexibility index (Phi) is 8.56. The molecule has 2 aromatic carbocycles. The molecular weight excluding hydrogens is 340 g/mol. The Morgan fingerprint density at radius 2 is 1.67 bits per heavy atom. The summed E-state index contributed by atoms with van der Waals surface area (Å²) in [6.07, 6.45) is 5.53. The fraction of sp³-hybridized carbons (Fsp3) is 0.391. The first-order valence-corrected chi connectivity index (χ1v) is 9.65. The fourth-order valence-electron chi connectivity index (χ4n) is 3.07. The average molecular weight is 368 g/mol. The third-order valence-electron chi connectivity index (χ3n) is 4.48. The van der Waals surface area contributed by atoms with Gasteiger partial charge in [-0.25, -0.2) is 0 Å². The number of carbonyl (C=O) groups excluding carboxylic acids is 1. The van der Waals surface area contributed by atoms with E-state index in [9.17, 15) is 14.7 Å². The van der Waals surface area contributed by atoms with E-state index < -0.39 is 5.97 Å². The zero-order valence-electron chi connectivity index (χ0n) is 15.9.